The molecule has 0 radical (unpaired) electrons. The Labute approximate surface area is 154 Å². The Balaban J connectivity index is 1.68. The molecule has 2 aromatic rings. The number of hydrogen-bond acceptors (Lipinski definition) is 3. The van der Waals surface area contributed by atoms with Crippen molar-refractivity contribution in [1.29, 1.82) is 0 Å². The number of carbonyl (C=O) groups is 2. The van der Waals surface area contributed by atoms with Crippen LogP contribution in [0.25, 0.3) is 0 Å². The Hall–Kier alpha value is -2.67. The molecular weight excluding hydrogens is 361 g/mol. The summed E-state index contributed by atoms with van der Waals surface area (Å²) in [6, 6.07) is 5.31. The average Bonchev–Trinajstić information content (AvgIpc) is 2.61. The van der Waals surface area contributed by atoms with Crippen LogP contribution in [0.4, 0.5) is 4.39 Å². The van der Waals surface area contributed by atoms with E-state index in [0.717, 1.165) is 6.07 Å². The van der Waals surface area contributed by atoms with Crippen LogP contribution < -0.4 is 5.56 Å². The first-order valence-corrected chi connectivity index (χ1v) is 8.47. The van der Waals surface area contributed by atoms with Crippen molar-refractivity contribution in [2.75, 3.05) is 26.2 Å². The molecule has 0 aliphatic carbocycles. The average molecular weight is 378 g/mol. The number of nitrogens with one attached hydrogen (secondary N) is 1. The smallest absolute Gasteiger partial charge is 0.256 e. The van der Waals surface area contributed by atoms with Crippen molar-refractivity contribution in [3.63, 3.8) is 0 Å². The molecule has 1 N–H and O–H groups in total. The summed E-state index contributed by atoms with van der Waals surface area (Å²) in [5, 5.41) is 0.228. The molecule has 0 saturated carbocycles. The molecule has 0 unspecified atom stereocenters. The highest BCUT2D eigenvalue weighted by Crippen LogP contribution is 2.18. The van der Waals surface area contributed by atoms with Crippen molar-refractivity contribution in [3.05, 3.63) is 68.3 Å². The molecule has 1 aliphatic rings. The summed E-state index contributed by atoms with van der Waals surface area (Å²) >= 11 is 5.71. The molecule has 136 valence electrons. The Bertz CT molecular complexity index is 920. The van der Waals surface area contributed by atoms with Crippen molar-refractivity contribution in [3.8, 4) is 0 Å². The van der Waals surface area contributed by atoms with E-state index in [-0.39, 0.29) is 22.1 Å². The van der Waals surface area contributed by atoms with Crippen LogP contribution in [0.2, 0.25) is 5.02 Å². The number of rotatable bonds is 2. The molecule has 1 aliphatic heterocycles. The highest BCUT2D eigenvalue weighted by atomic mass is 35.5. The zero-order chi connectivity index (χ0) is 18.8. The topological polar surface area (TPSA) is 73.5 Å². The minimum absolute atomic E-state index is 0.0364. The maximum Gasteiger partial charge on any atom is 0.256 e. The molecule has 1 aromatic heterocycles. The summed E-state index contributed by atoms with van der Waals surface area (Å²) in [6.45, 7) is 2.96. The Morgan fingerprint density at radius 3 is 2.15 bits per heavy atom. The van der Waals surface area contributed by atoms with Gasteiger partial charge in [0.05, 0.1) is 11.1 Å². The highest BCUT2D eigenvalue weighted by Gasteiger charge is 2.27. The molecule has 2 heterocycles. The molecule has 2 amide bonds. The maximum atomic E-state index is 13.9. The van der Waals surface area contributed by atoms with E-state index in [1.807, 2.05) is 0 Å². The van der Waals surface area contributed by atoms with E-state index in [2.05, 4.69) is 4.98 Å². The van der Waals surface area contributed by atoms with Crippen molar-refractivity contribution >= 4 is 23.4 Å². The molecule has 0 spiro atoms. The first-order valence-electron chi connectivity index (χ1n) is 8.10. The summed E-state index contributed by atoms with van der Waals surface area (Å²) in [5.41, 5.74) is 0.721. The van der Waals surface area contributed by atoms with E-state index in [4.69, 9.17) is 11.6 Å². The molecule has 1 fully saturated rings. The van der Waals surface area contributed by atoms with Crippen LogP contribution >= 0.6 is 11.6 Å². The number of H-pyrrole nitrogens is 1. The van der Waals surface area contributed by atoms with Gasteiger partial charge in [-0.05, 0) is 30.7 Å². The first-order chi connectivity index (χ1) is 12.4. The maximum absolute atomic E-state index is 13.9. The number of aromatic nitrogens is 1. The number of benzene rings is 1. The first kappa shape index (κ1) is 18.1. The lowest BCUT2D eigenvalue weighted by Gasteiger charge is -2.35. The van der Waals surface area contributed by atoms with Crippen LogP contribution in [-0.2, 0) is 0 Å². The lowest BCUT2D eigenvalue weighted by atomic mass is 10.1. The fraction of sp³-hybridized carbons (Fsp3) is 0.278. The van der Waals surface area contributed by atoms with Gasteiger partial charge in [-0.1, -0.05) is 11.6 Å². The third kappa shape index (κ3) is 3.62. The van der Waals surface area contributed by atoms with E-state index in [1.165, 1.54) is 29.3 Å². The summed E-state index contributed by atoms with van der Waals surface area (Å²) < 4.78 is 13.9. The number of piperazine rings is 1. The van der Waals surface area contributed by atoms with Crippen LogP contribution in [0, 0.1) is 12.7 Å². The minimum Gasteiger partial charge on any atom is -0.335 e. The normalized spacial score (nSPS) is 14.4. The zero-order valence-electron chi connectivity index (χ0n) is 14.1. The van der Waals surface area contributed by atoms with Crippen molar-refractivity contribution < 1.29 is 14.0 Å². The standard InChI is InChI=1S/C18H17ClFN3O3/c1-11-8-16(24)21-10-14(11)18(26)23-6-4-22(5-7-23)17(25)13-3-2-12(19)9-15(13)20/h2-3,8-10H,4-7H2,1H3,(H,21,24). The molecule has 0 bridgehead atoms. The molecule has 3 rings (SSSR count). The molecule has 1 aromatic carbocycles. The van der Waals surface area contributed by atoms with Gasteiger partial charge in [-0.3, -0.25) is 14.4 Å². The second-order valence-corrected chi connectivity index (χ2v) is 6.54. The van der Waals surface area contributed by atoms with Crippen LogP contribution in [0.15, 0.2) is 35.3 Å². The fourth-order valence-corrected chi connectivity index (χ4v) is 3.08. The number of pyridine rings is 1. The van der Waals surface area contributed by atoms with E-state index < -0.39 is 11.7 Å². The molecule has 8 heteroatoms. The minimum atomic E-state index is -0.662. The number of aromatic amines is 1. The zero-order valence-corrected chi connectivity index (χ0v) is 14.8. The van der Waals surface area contributed by atoms with Gasteiger partial charge < -0.3 is 14.8 Å². The predicted molar refractivity (Wildman–Crippen MR) is 95.0 cm³/mol. The Morgan fingerprint density at radius 1 is 1.04 bits per heavy atom. The fourth-order valence-electron chi connectivity index (χ4n) is 2.92. The number of carbonyl (C=O) groups excluding carboxylic acids is 2. The molecular formula is C18H17ClFN3O3. The molecule has 0 atom stereocenters. The van der Waals surface area contributed by atoms with Gasteiger partial charge in [-0.2, -0.15) is 0 Å². The van der Waals surface area contributed by atoms with Gasteiger partial charge >= 0.3 is 0 Å². The third-order valence-electron chi connectivity index (χ3n) is 4.38. The van der Waals surface area contributed by atoms with Gasteiger partial charge in [-0.25, -0.2) is 4.39 Å². The van der Waals surface area contributed by atoms with E-state index in [9.17, 15) is 18.8 Å². The summed E-state index contributed by atoms with van der Waals surface area (Å²) in [4.78, 5) is 42.0. The van der Waals surface area contributed by atoms with Crippen molar-refractivity contribution in [2.45, 2.75) is 6.92 Å². The van der Waals surface area contributed by atoms with Crippen LogP contribution in [-0.4, -0.2) is 52.8 Å². The number of amides is 2. The number of nitrogens with zero attached hydrogens (tertiary/aromatic N) is 2. The van der Waals surface area contributed by atoms with Crippen LogP contribution in [0.1, 0.15) is 26.3 Å². The lowest BCUT2D eigenvalue weighted by molar-refractivity contribution is 0.0532. The molecule has 6 nitrogen and oxygen atoms in total. The number of halogens is 2. The Morgan fingerprint density at radius 2 is 1.62 bits per heavy atom. The van der Waals surface area contributed by atoms with E-state index in [1.54, 1.807) is 11.8 Å². The second kappa shape index (κ2) is 7.29. The van der Waals surface area contributed by atoms with Crippen LogP contribution in [0.3, 0.4) is 0 Å². The van der Waals surface area contributed by atoms with E-state index >= 15 is 0 Å². The van der Waals surface area contributed by atoms with Gasteiger partial charge in [0.2, 0.25) is 5.56 Å². The molecule has 26 heavy (non-hydrogen) atoms. The number of hydrogen-bond donors (Lipinski definition) is 1. The largest absolute Gasteiger partial charge is 0.335 e. The molecule has 1 saturated heterocycles. The Kier molecular flexibility index (Phi) is 5.08. The van der Waals surface area contributed by atoms with Crippen molar-refractivity contribution in [2.24, 2.45) is 0 Å². The van der Waals surface area contributed by atoms with Gasteiger partial charge in [0.1, 0.15) is 5.82 Å². The van der Waals surface area contributed by atoms with Gasteiger partial charge in [-0.15, -0.1) is 0 Å². The van der Waals surface area contributed by atoms with Gasteiger partial charge in [0, 0.05) is 43.5 Å². The van der Waals surface area contributed by atoms with Crippen molar-refractivity contribution in [1.82, 2.24) is 14.8 Å². The highest BCUT2D eigenvalue weighted by molar-refractivity contribution is 6.30. The van der Waals surface area contributed by atoms with Crippen LogP contribution in [0.5, 0.6) is 0 Å². The summed E-state index contributed by atoms with van der Waals surface area (Å²) in [6.07, 6.45) is 1.40. The number of aryl methyl sites for hydroxylation is 1. The lowest BCUT2D eigenvalue weighted by Crippen LogP contribution is -2.50. The monoisotopic (exact) mass is 377 g/mol. The van der Waals surface area contributed by atoms with Gasteiger partial charge in [0.25, 0.3) is 11.8 Å². The third-order valence-corrected chi connectivity index (χ3v) is 4.61. The van der Waals surface area contributed by atoms with E-state index in [0.29, 0.717) is 37.3 Å². The quantitative estimate of drug-likeness (QED) is 0.870. The summed E-state index contributed by atoms with van der Waals surface area (Å²) in [5.74, 6) is -1.29. The SMILES string of the molecule is Cc1cc(=O)[nH]cc1C(=O)N1CCN(C(=O)c2ccc(Cl)cc2F)CC1. The predicted octanol–water partition coefficient (Wildman–Crippen LogP) is 2.07. The second-order valence-electron chi connectivity index (χ2n) is 6.10. The summed E-state index contributed by atoms with van der Waals surface area (Å²) in [7, 11) is 0. The van der Waals surface area contributed by atoms with Gasteiger partial charge in [0.15, 0.2) is 0 Å².